The Morgan fingerprint density at radius 3 is 2.33 bits per heavy atom. The van der Waals surface area contributed by atoms with Crippen molar-refractivity contribution < 1.29 is 0 Å². The van der Waals surface area contributed by atoms with Gasteiger partial charge in [-0.05, 0) is 51.4 Å². The van der Waals surface area contributed by atoms with Crippen LogP contribution in [-0.4, -0.2) is 24.0 Å². The molecular formula is C14H25N. The van der Waals surface area contributed by atoms with E-state index in [1.54, 1.807) is 5.57 Å². The highest BCUT2D eigenvalue weighted by Crippen LogP contribution is 2.45. The van der Waals surface area contributed by atoms with Crippen molar-refractivity contribution in [3.05, 3.63) is 11.6 Å². The fourth-order valence-electron chi connectivity index (χ4n) is 3.09. The predicted octanol–water partition coefficient (Wildman–Crippen LogP) is 3.61. The Bertz CT molecular complexity index is 234. The van der Waals surface area contributed by atoms with Gasteiger partial charge in [-0.2, -0.15) is 0 Å². The van der Waals surface area contributed by atoms with Crippen LogP contribution in [0.15, 0.2) is 11.6 Å². The highest BCUT2D eigenvalue weighted by Gasteiger charge is 2.44. The molecule has 0 unspecified atom stereocenters. The van der Waals surface area contributed by atoms with Gasteiger partial charge < -0.3 is 0 Å². The Kier molecular flexibility index (Phi) is 3.20. The number of allylic oxidation sites excluding steroid dienone is 2. The van der Waals surface area contributed by atoms with E-state index in [2.05, 4.69) is 31.7 Å². The first-order valence-electron chi connectivity index (χ1n) is 6.57. The molecule has 1 heterocycles. The third kappa shape index (κ3) is 2.28. The zero-order chi connectivity index (χ0) is 10.9. The van der Waals surface area contributed by atoms with Gasteiger partial charge in [-0.25, -0.2) is 0 Å². The van der Waals surface area contributed by atoms with Crippen LogP contribution >= 0.6 is 0 Å². The summed E-state index contributed by atoms with van der Waals surface area (Å²) in [7, 11) is 0. The smallest absolute Gasteiger partial charge is 0.00534 e. The summed E-state index contributed by atoms with van der Waals surface area (Å²) in [6, 6.07) is 0.753. The molecule has 15 heavy (non-hydrogen) atoms. The molecular weight excluding hydrogens is 182 g/mol. The summed E-state index contributed by atoms with van der Waals surface area (Å²) in [5, 5.41) is 0. The number of rotatable bonds is 2. The van der Waals surface area contributed by atoms with Gasteiger partial charge in [0.05, 0.1) is 0 Å². The van der Waals surface area contributed by atoms with E-state index in [1.165, 1.54) is 45.2 Å². The number of likely N-dealkylation sites (tertiary alicyclic amines) is 1. The van der Waals surface area contributed by atoms with E-state index in [4.69, 9.17) is 0 Å². The molecule has 2 fully saturated rings. The summed E-state index contributed by atoms with van der Waals surface area (Å²) >= 11 is 0. The molecule has 0 aromatic heterocycles. The zero-order valence-electron chi connectivity index (χ0n) is 10.6. The van der Waals surface area contributed by atoms with Crippen LogP contribution in [0, 0.1) is 5.41 Å². The molecule has 0 radical (unpaired) electrons. The summed E-state index contributed by atoms with van der Waals surface area (Å²) in [6.07, 6.45) is 9.32. The first-order chi connectivity index (χ1) is 7.15. The molecule has 1 nitrogen and oxygen atoms in total. The highest BCUT2D eigenvalue weighted by atomic mass is 15.2. The lowest BCUT2D eigenvalue weighted by molar-refractivity contribution is -0.0399. The van der Waals surface area contributed by atoms with Crippen LogP contribution in [0.1, 0.15) is 52.9 Å². The van der Waals surface area contributed by atoms with Gasteiger partial charge in [-0.3, -0.25) is 4.90 Å². The van der Waals surface area contributed by atoms with Crippen LogP contribution in [-0.2, 0) is 0 Å². The van der Waals surface area contributed by atoms with Crippen molar-refractivity contribution in [2.24, 2.45) is 5.41 Å². The van der Waals surface area contributed by atoms with Crippen molar-refractivity contribution in [3.8, 4) is 0 Å². The Balaban J connectivity index is 1.83. The molecule has 0 atom stereocenters. The van der Waals surface area contributed by atoms with Crippen LogP contribution in [0.4, 0.5) is 0 Å². The maximum Gasteiger partial charge on any atom is 0.00534 e. The van der Waals surface area contributed by atoms with Gasteiger partial charge in [0.25, 0.3) is 0 Å². The third-order valence-electron chi connectivity index (χ3n) is 4.25. The zero-order valence-corrected chi connectivity index (χ0v) is 10.6. The largest absolute Gasteiger partial charge is 0.300 e. The molecule has 1 heteroatoms. The summed E-state index contributed by atoms with van der Waals surface area (Å²) < 4.78 is 0. The van der Waals surface area contributed by atoms with Gasteiger partial charge >= 0.3 is 0 Å². The average Bonchev–Trinajstić information content (AvgIpc) is 2.16. The minimum absolute atomic E-state index is 0.718. The number of hydrogen-bond acceptors (Lipinski definition) is 1. The Labute approximate surface area is 94.5 Å². The van der Waals surface area contributed by atoms with Crippen molar-refractivity contribution >= 4 is 0 Å². The molecule has 0 aromatic carbocycles. The Hall–Kier alpha value is -0.300. The van der Waals surface area contributed by atoms with Gasteiger partial charge in [0.1, 0.15) is 0 Å². The van der Waals surface area contributed by atoms with Gasteiger partial charge in [-0.15, -0.1) is 0 Å². The third-order valence-corrected chi connectivity index (χ3v) is 4.25. The van der Waals surface area contributed by atoms with E-state index in [1.807, 2.05) is 0 Å². The fourth-order valence-corrected chi connectivity index (χ4v) is 3.09. The van der Waals surface area contributed by atoms with Gasteiger partial charge in [0.2, 0.25) is 0 Å². The van der Waals surface area contributed by atoms with Gasteiger partial charge in [-0.1, -0.05) is 18.6 Å². The quantitative estimate of drug-likeness (QED) is 0.625. The molecule has 0 N–H and O–H groups in total. The van der Waals surface area contributed by atoms with Crippen molar-refractivity contribution in [3.63, 3.8) is 0 Å². The molecule has 1 aliphatic carbocycles. The summed E-state index contributed by atoms with van der Waals surface area (Å²) in [4.78, 5) is 2.62. The molecule has 1 aliphatic heterocycles. The van der Waals surface area contributed by atoms with Crippen molar-refractivity contribution in [1.29, 1.82) is 0 Å². The Morgan fingerprint density at radius 2 is 1.87 bits per heavy atom. The molecule has 2 rings (SSSR count). The SMILES string of the molecule is CCC=C1CCC2(CC1)CN(C(C)C)C2. The molecule has 1 spiro atoms. The topological polar surface area (TPSA) is 3.24 Å². The molecule has 0 aromatic rings. The summed E-state index contributed by atoms with van der Waals surface area (Å²) in [6.45, 7) is 9.62. The van der Waals surface area contributed by atoms with Crippen LogP contribution in [0.3, 0.4) is 0 Å². The normalized spacial score (nSPS) is 25.7. The highest BCUT2D eigenvalue weighted by molar-refractivity contribution is 5.11. The lowest BCUT2D eigenvalue weighted by Gasteiger charge is -2.54. The second-order valence-corrected chi connectivity index (χ2v) is 5.77. The van der Waals surface area contributed by atoms with E-state index >= 15 is 0 Å². The lowest BCUT2D eigenvalue weighted by Crippen LogP contribution is -2.59. The maximum absolute atomic E-state index is 2.62. The van der Waals surface area contributed by atoms with Crippen LogP contribution in [0.2, 0.25) is 0 Å². The van der Waals surface area contributed by atoms with Crippen molar-refractivity contribution in [1.82, 2.24) is 4.90 Å². The van der Waals surface area contributed by atoms with E-state index in [9.17, 15) is 0 Å². The van der Waals surface area contributed by atoms with Gasteiger partial charge in [0.15, 0.2) is 0 Å². The fraction of sp³-hybridized carbons (Fsp3) is 0.857. The summed E-state index contributed by atoms with van der Waals surface area (Å²) in [5.74, 6) is 0. The van der Waals surface area contributed by atoms with Crippen molar-refractivity contribution in [2.45, 2.75) is 58.9 Å². The number of nitrogens with zero attached hydrogens (tertiary/aromatic N) is 1. The average molecular weight is 207 g/mol. The first-order valence-corrected chi connectivity index (χ1v) is 6.57. The second kappa shape index (κ2) is 4.29. The first kappa shape index (κ1) is 11.2. The predicted molar refractivity (Wildman–Crippen MR) is 66.0 cm³/mol. The van der Waals surface area contributed by atoms with Crippen molar-refractivity contribution in [2.75, 3.05) is 13.1 Å². The standard InChI is InChI=1S/C14H25N/c1-4-5-13-6-8-14(9-7-13)10-15(11-14)12(2)3/h5,12H,4,6-11H2,1-3H3. The second-order valence-electron chi connectivity index (χ2n) is 5.77. The maximum atomic E-state index is 2.62. The molecule has 0 amide bonds. The van der Waals surface area contributed by atoms with Crippen LogP contribution in [0.5, 0.6) is 0 Å². The monoisotopic (exact) mass is 207 g/mol. The molecule has 2 aliphatic rings. The van der Waals surface area contributed by atoms with Gasteiger partial charge in [0, 0.05) is 19.1 Å². The molecule has 86 valence electrons. The van der Waals surface area contributed by atoms with E-state index in [0.29, 0.717) is 0 Å². The minimum Gasteiger partial charge on any atom is -0.300 e. The minimum atomic E-state index is 0.718. The lowest BCUT2D eigenvalue weighted by atomic mass is 9.67. The molecule has 1 saturated heterocycles. The summed E-state index contributed by atoms with van der Waals surface area (Å²) in [5.41, 5.74) is 2.45. The Morgan fingerprint density at radius 1 is 1.27 bits per heavy atom. The number of hydrogen-bond donors (Lipinski definition) is 0. The molecule has 1 saturated carbocycles. The van der Waals surface area contributed by atoms with Crippen LogP contribution < -0.4 is 0 Å². The van der Waals surface area contributed by atoms with Crippen LogP contribution in [0.25, 0.3) is 0 Å². The molecule has 0 bridgehead atoms. The van der Waals surface area contributed by atoms with E-state index in [0.717, 1.165) is 11.5 Å². The van der Waals surface area contributed by atoms with E-state index < -0.39 is 0 Å². The van der Waals surface area contributed by atoms with E-state index in [-0.39, 0.29) is 0 Å².